The first kappa shape index (κ1) is 15.0. The number of thiazole rings is 1. The van der Waals surface area contributed by atoms with Gasteiger partial charge in [-0.25, -0.2) is 4.98 Å². The third-order valence-corrected chi connectivity index (χ3v) is 3.90. The summed E-state index contributed by atoms with van der Waals surface area (Å²) in [5.41, 5.74) is 1.20. The van der Waals surface area contributed by atoms with Gasteiger partial charge in [-0.3, -0.25) is 4.90 Å². The Bertz CT molecular complexity index is 302. The molecule has 98 valence electrons. The normalized spacial score (nSPS) is 11.3. The summed E-state index contributed by atoms with van der Waals surface area (Å²) in [7, 11) is 2.16. The van der Waals surface area contributed by atoms with Crippen molar-refractivity contribution in [3.8, 4) is 0 Å². The molecule has 0 bridgehead atoms. The average molecular weight is 273 g/mol. The van der Waals surface area contributed by atoms with Crippen molar-refractivity contribution in [2.24, 2.45) is 0 Å². The van der Waals surface area contributed by atoms with Gasteiger partial charge in [0.2, 0.25) is 0 Å². The summed E-state index contributed by atoms with van der Waals surface area (Å²) in [4.78, 5) is 6.97. The molecule has 17 heavy (non-hydrogen) atoms. The van der Waals surface area contributed by atoms with E-state index in [9.17, 15) is 0 Å². The largest absolute Gasteiger partial charge is 0.310 e. The van der Waals surface area contributed by atoms with Gasteiger partial charge in [0.1, 0.15) is 5.01 Å². The number of nitrogens with one attached hydrogen (secondary N) is 1. The molecule has 1 aromatic rings. The predicted octanol–water partition coefficient (Wildman–Crippen LogP) is 2.44. The fourth-order valence-corrected chi connectivity index (χ4v) is 2.73. The van der Waals surface area contributed by atoms with Gasteiger partial charge in [0.25, 0.3) is 0 Å². The standard InChI is InChI=1S/C12H23N3S2/c1-4-5-13-8-12-14-11(10-17-12)9-15(2)6-7-16-3/h10,13H,4-9H2,1-3H3. The molecule has 5 heteroatoms. The van der Waals surface area contributed by atoms with Crippen LogP contribution in [0.15, 0.2) is 5.38 Å². The van der Waals surface area contributed by atoms with Crippen LogP contribution < -0.4 is 5.32 Å². The van der Waals surface area contributed by atoms with Crippen LogP contribution in [-0.4, -0.2) is 42.0 Å². The fraction of sp³-hybridized carbons (Fsp3) is 0.750. The highest BCUT2D eigenvalue weighted by Crippen LogP contribution is 2.11. The molecule has 3 nitrogen and oxygen atoms in total. The second kappa shape index (κ2) is 8.91. The van der Waals surface area contributed by atoms with Crippen LogP contribution >= 0.6 is 23.1 Å². The van der Waals surface area contributed by atoms with Crippen molar-refractivity contribution < 1.29 is 0 Å². The number of nitrogens with zero attached hydrogens (tertiary/aromatic N) is 2. The van der Waals surface area contributed by atoms with E-state index in [1.54, 1.807) is 11.3 Å². The first-order valence-corrected chi connectivity index (χ1v) is 8.35. The van der Waals surface area contributed by atoms with Crippen LogP contribution in [0.3, 0.4) is 0 Å². The number of aromatic nitrogens is 1. The summed E-state index contributed by atoms with van der Waals surface area (Å²) in [6.45, 7) is 6.25. The molecule has 0 radical (unpaired) electrons. The third kappa shape index (κ3) is 6.41. The van der Waals surface area contributed by atoms with E-state index in [4.69, 9.17) is 0 Å². The van der Waals surface area contributed by atoms with E-state index in [1.807, 2.05) is 11.8 Å². The maximum atomic E-state index is 4.64. The quantitative estimate of drug-likeness (QED) is 0.700. The lowest BCUT2D eigenvalue weighted by Crippen LogP contribution is -2.21. The van der Waals surface area contributed by atoms with Gasteiger partial charge in [0, 0.05) is 30.8 Å². The van der Waals surface area contributed by atoms with Gasteiger partial charge in [0.15, 0.2) is 0 Å². The monoisotopic (exact) mass is 273 g/mol. The van der Waals surface area contributed by atoms with Crippen molar-refractivity contribution in [3.05, 3.63) is 16.1 Å². The Morgan fingerprint density at radius 1 is 1.53 bits per heavy atom. The lowest BCUT2D eigenvalue weighted by molar-refractivity contribution is 0.345. The highest BCUT2D eigenvalue weighted by atomic mass is 32.2. The molecule has 0 saturated heterocycles. The molecule has 0 saturated carbocycles. The van der Waals surface area contributed by atoms with Crippen molar-refractivity contribution in [2.75, 3.05) is 32.1 Å². The molecule has 0 aliphatic heterocycles. The lowest BCUT2D eigenvalue weighted by atomic mass is 10.4. The molecule has 0 atom stereocenters. The average Bonchev–Trinajstić information content (AvgIpc) is 2.74. The Hall–Kier alpha value is -0.100. The zero-order valence-electron chi connectivity index (χ0n) is 11.0. The van der Waals surface area contributed by atoms with Gasteiger partial charge >= 0.3 is 0 Å². The summed E-state index contributed by atoms with van der Waals surface area (Å²) < 4.78 is 0. The molecule has 0 spiro atoms. The Morgan fingerprint density at radius 3 is 3.06 bits per heavy atom. The summed E-state index contributed by atoms with van der Waals surface area (Å²) in [5, 5.41) is 6.76. The van der Waals surface area contributed by atoms with E-state index in [0.29, 0.717) is 0 Å². The molecular weight excluding hydrogens is 250 g/mol. The van der Waals surface area contributed by atoms with Gasteiger partial charge in [0.05, 0.1) is 5.69 Å². The minimum Gasteiger partial charge on any atom is -0.310 e. The topological polar surface area (TPSA) is 28.2 Å². The van der Waals surface area contributed by atoms with Crippen molar-refractivity contribution in [3.63, 3.8) is 0 Å². The lowest BCUT2D eigenvalue weighted by Gasteiger charge is -2.13. The predicted molar refractivity (Wildman–Crippen MR) is 78.8 cm³/mol. The zero-order valence-corrected chi connectivity index (χ0v) is 12.7. The Morgan fingerprint density at radius 2 is 2.35 bits per heavy atom. The van der Waals surface area contributed by atoms with Crippen LogP contribution in [-0.2, 0) is 13.1 Å². The maximum absolute atomic E-state index is 4.64. The second-order valence-corrected chi connectivity index (χ2v) is 6.07. The van der Waals surface area contributed by atoms with E-state index < -0.39 is 0 Å². The molecule has 0 unspecified atom stereocenters. The van der Waals surface area contributed by atoms with E-state index in [0.717, 1.165) is 26.2 Å². The Balaban J connectivity index is 2.29. The van der Waals surface area contributed by atoms with Crippen LogP contribution in [0.1, 0.15) is 24.0 Å². The second-order valence-electron chi connectivity index (χ2n) is 4.14. The number of rotatable bonds is 9. The Kier molecular flexibility index (Phi) is 7.84. The summed E-state index contributed by atoms with van der Waals surface area (Å²) in [6, 6.07) is 0. The van der Waals surface area contributed by atoms with E-state index >= 15 is 0 Å². The minimum atomic E-state index is 0.910. The van der Waals surface area contributed by atoms with Crippen LogP contribution in [0.5, 0.6) is 0 Å². The number of thioether (sulfide) groups is 1. The highest BCUT2D eigenvalue weighted by Gasteiger charge is 2.04. The van der Waals surface area contributed by atoms with Gasteiger partial charge < -0.3 is 5.32 Å². The number of hydrogen-bond donors (Lipinski definition) is 1. The highest BCUT2D eigenvalue weighted by molar-refractivity contribution is 7.98. The SMILES string of the molecule is CCCNCc1nc(CN(C)CCSC)cs1. The first-order valence-electron chi connectivity index (χ1n) is 6.07. The molecule has 0 fully saturated rings. The molecule has 1 N–H and O–H groups in total. The van der Waals surface area contributed by atoms with Crippen LogP contribution in [0, 0.1) is 0 Å². The van der Waals surface area contributed by atoms with Crippen molar-refractivity contribution in [1.29, 1.82) is 0 Å². The van der Waals surface area contributed by atoms with E-state index in [-0.39, 0.29) is 0 Å². The summed E-state index contributed by atoms with van der Waals surface area (Å²) in [5.74, 6) is 1.19. The van der Waals surface area contributed by atoms with Crippen LogP contribution in [0.25, 0.3) is 0 Å². The van der Waals surface area contributed by atoms with Crippen molar-refractivity contribution in [2.45, 2.75) is 26.4 Å². The molecule has 1 heterocycles. The summed E-state index contributed by atoms with van der Waals surface area (Å²) >= 11 is 3.65. The molecule has 0 aliphatic carbocycles. The first-order chi connectivity index (χ1) is 8.26. The zero-order chi connectivity index (χ0) is 12.5. The number of hydrogen-bond acceptors (Lipinski definition) is 5. The molecule has 0 amide bonds. The van der Waals surface area contributed by atoms with Gasteiger partial charge in [-0.05, 0) is 26.3 Å². The van der Waals surface area contributed by atoms with E-state index in [1.165, 1.54) is 22.9 Å². The van der Waals surface area contributed by atoms with Crippen molar-refractivity contribution >= 4 is 23.1 Å². The molecule has 0 aliphatic rings. The van der Waals surface area contributed by atoms with Gasteiger partial charge in [-0.2, -0.15) is 11.8 Å². The summed E-state index contributed by atoms with van der Waals surface area (Å²) in [6.07, 6.45) is 3.32. The van der Waals surface area contributed by atoms with Crippen molar-refractivity contribution in [1.82, 2.24) is 15.2 Å². The molecule has 0 aromatic carbocycles. The Labute approximate surface area is 113 Å². The smallest absolute Gasteiger partial charge is 0.107 e. The van der Waals surface area contributed by atoms with Gasteiger partial charge in [-0.15, -0.1) is 11.3 Å². The van der Waals surface area contributed by atoms with Gasteiger partial charge in [-0.1, -0.05) is 6.92 Å². The minimum absolute atomic E-state index is 0.910. The van der Waals surface area contributed by atoms with Crippen LogP contribution in [0.4, 0.5) is 0 Å². The molecule has 1 rings (SSSR count). The molecular formula is C12H23N3S2. The van der Waals surface area contributed by atoms with E-state index in [2.05, 4.69) is 40.8 Å². The van der Waals surface area contributed by atoms with Crippen LogP contribution in [0.2, 0.25) is 0 Å². The fourth-order valence-electron chi connectivity index (χ4n) is 1.48. The third-order valence-electron chi connectivity index (χ3n) is 2.41. The maximum Gasteiger partial charge on any atom is 0.107 e. The molecule has 1 aromatic heterocycles.